The van der Waals surface area contributed by atoms with Gasteiger partial charge in [0.25, 0.3) is 0 Å². The Labute approximate surface area is 107 Å². The smallest absolute Gasteiger partial charge is 0.335 e. The summed E-state index contributed by atoms with van der Waals surface area (Å²) in [6.07, 6.45) is 1.96. The molecule has 0 aliphatic heterocycles. The monoisotopic (exact) mass is 267 g/mol. The first-order chi connectivity index (χ1) is 8.56. The number of carboxylic acid groups (broad SMARTS) is 1. The van der Waals surface area contributed by atoms with Crippen molar-refractivity contribution in [2.45, 2.75) is 23.8 Å². The summed E-state index contributed by atoms with van der Waals surface area (Å²) in [7, 11) is -1.50. The molecule has 1 atom stereocenters. The second kappa shape index (κ2) is 5.30. The Balaban J connectivity index is 2.01. The number of nitrogens with one attached hydrogen (secondary N) is 1. The number of benzene rings is 1. The number of amides is 1. The number of hydrogen-bond acceptors (Lipinski definition) is 3. The molecule has 0 bridgehead atoms. The Morgan fingerprint density at radius 2 is 2.11 bits per heavy atom. The number of rotatable bonds is 5. The first-order valence-electron chi connectivity index (χ1n) is 5.57. The second-order valence-electron chi connectivity index (χ2n) is 4.16. The lowest BCUT2D eigenvalue weighted by molar-refractivity contribution is -0.118. The van der Waals surface area contributed by atoms with Gasteiger partial charge in [0.2, 0.25) is 5.91 Å². The zero-order valence-corrected chi connectivity index (χ0v) is 10.4. The van der Waals surface area contributed by atoms with E-state index < -0.39 is 16.8 Å². The lowest BCUT2D eigenvalue weighted by Gasteiger charge is -2.04. The summed E-state index contributed by atoms with van der Waals surface area (Å²) >= 11 is 0. The first kappa shape index (κ1) is 12.8. The third kappa shape index (κ3) is 3.40. The number of carbonyl (C=O) groups excluding carboxylic acids is 1. The van der Waals surface area contributed by atoms with Gasteiger partial charge in [0.1, 0.15) is 5.75 Å². The summed E-state index contributed by atoms with van der Waals surface area (Å²) in [6, 6.07) is 6.08. The predicted octanol–water partition coefficient (Wildman–Crippen LogP) is 0.771. The predicted molar refractivity (Wildman–Crippen MR) is 65.8 cm³/mol. The van der Waals surface area contributed by atoms with E-state index in [1.807, 2.05) is 0 Å². The highest BCUT2D eigenvalue weighted by atomic mass is 32.2. The van der Waals surface area contributed by atoms with Crippen molar-refractivity contribution in [3.63, 3.8) is 0 Å². The normalized spacial score (nSPS) is 16.0. The zero-order valence-electron chi connectivity index (χ0n) is 9.59. The highest BCUT2D eigenvalue weighted by Crippen LogP contribution is 2.18. The highest BCUT2D eigenvalue weighted by molar-refractivity contribution is 7.85. The lowest BCUT2D eigenvalue weighted by Crippen LogP contribution is -2.30. The van der Waals surface area contributed by atoms with Crippen molar-refractivity contribution >= 4 is 22.7 Å². The van der Waals surface area contributed by atoms with E-state index in [1.54, 1.807) is 6.07 Å². The summed E-state index contributed by atoms with van der Waals surface area (Å²) in [5, 5.41) is 11.6. The van der Waals surface area contributed by atoms with E-state index in [1.165, 1.54) is 18.2 Å². The average molecular weight is 267 g/mol. The van der Waals surface area contributed by atoms with Gasteiger partial charge in [0.05, 0.1) is 16.4 Å². The summed E-state index contributed by atoms with van der Waals surface area (Å²) < 4.78 is 11.9. The van der Waals surface area contributed by atoms with E-state index in [4.69, 9.17) is 5.11 Å². The molecular weight excluding hydrogens is 254 g/mol. The molecule has 0 aromatic heterocycles. The molecule has 1 fully saturated rings. The van der Waals surface area contributed by atoms with Gasteiger partial charge in [0.15, 0.2) is 0 Å². The maximum Gasteiger partial charge on any atom is 0.335 e. The van der Waals surface area contributed by atoms with Crippen molar-refractivity contribution in [1.82, 2.24) is 5.32 Å². The third-order valence-corrected chi connectivity index (χ3v) is 3.85. The fourth-order valence-corrected chi connectivity index (χ4v) is 2.45. The summed E-state index contributed by atoms with van der Waals surface area (Å²) in [4.78, 5) is 22.6. The van der Waals surface area contributed by atoms with Crippen LogP contribution >= 0.6 is 0 Å². The maximum absolute atomic E-state index is 11.9. The molecule has 96 valence electrons. The number of hydrogen-bond donors (Lipinski definition) is 2. The fraction of sp³-hybridized carbons (Fsp3) is 0.333. The average Bonchev–Trinajstić information content (AvgIpc) is 3.12. The van der Waals surface area contributed by atoms with Gasteiger partial charge in [-0.1, -0.05) is 6.07 Å². The Morgan fingerprint density at radius 1 is 1.39 bits per heavy atom. The van der Waals surface area contributed by atoms with E-state index in [0.717, 1.165) is 12.8 Å². The SMILES string of the molecule is O=C(CS(=O)c1cccc(C(=O)O)c1)NC1CC1. The number of carbonyl (C=O) groups is 2. The molecule has 1 aromatic carbocycles. The van der Waals surface area contributed by atoms with E-state index in [9.17, 15) is 13.8 Å². The van der Waals surface area contributed by atoms with Crippen molar-refractivity contribution in [2.24, 2.45) is 0 Å². The molecule has 0 spiro atoms. The van der Waals surface area contributed by atoms with Crippen molar-refractivity contribution in [2.75, 3.05) is 5.75 Å². The molecular formula is C12H13NO4S. The Kier molecular flexibility index (Phi) is 3.76. The minimum absolute atomic E-state index is 0.0726. The van der Waals surface area contributed by atoms with Crippen LogP contribution < -0.4 is 5.32 Å². The molecule has 1 aromatic rings. The molecule has 18 heavy (non-hydrogen) atoms. The van der Waals surface area contributed by atoms with E-state index >= 15 is 0 Å². The first-order valence-corrected chi connectivity index (χ1v) is 6.89. The highest BCUT2D eigenvalue weighted by Gasteiger charge is 2.24. The van der Waals surface area contributed by atoms with Gasteiger partial charge in [-0.05, 0) is 31.0 Å². The van der Waals surface area contributed by atoms with E-state index in [0.29, 0.717) is 4.90 Å². The third-order valence-electron chi connectivity index (χ3n) is 2.55. The lowest BCUT2D eigenvalue weighted by atomic mass is 10.2. The van der Waals surface area contributed by atoms with Crippen molar-refractivity contribution in [3.8, 4) is 0 Å². The van der Waals surface area contributed by atoms with Crippen LogP contribution in [0.5, 0.6) is 0 Å². The van der Waals surface area contributed by atoms with Crippen LogP contribution in [0.4, 0.5) is 0 Å². The topological polar surface area (TPSA) is 83.5 Å². The van der Waals surface area contributed by atoms with E-state index in [2.05, 4.69) is 5.32 Å². The van der Waals surface area contributed by atoms with Crippen LogP contribution in [0.3, 0.4) is 0 Å². The van der Waals surface area contributed by atoms with Crippen LogP contribution in [-0.2, 0) is 15.6 Å². The Hall–Kier alpha value is -1.69. The molecule has 1 aliphatic carbocycles. The largest absolute Gasteiger partial charge is 0.478 e. The molecule has 0 heterocycles. The number of aromatic carboxylic acids is 1. The van der Waals surface area contributed by atoms with Gasteiger partial charge in [-0.25, -0.2) is 4.79 Å². The Morgan fingerprint density at radius 3 is 2.72 bits per heavy atom. The van der Waals surface area contributed by atoms with Gasteiger partial charge >= 0.3 is 5.97 Å². The van der Waals surface area contributed by atoms with Gasteiger partial charge in [-0.3, -0.25) is 9.00 Å². The van der Waals surface area contributed by atoms with Crippen molar-refractivity contribution in [3.05, 3.63) is 29.8 Å². The second-order valence-corrected chi connectivity index (χ2v) is 5.62. The van der Waals surface area contributed by atoms with Crippen LogP contribution in [-0.4, -0.2) is 33.0 Å². The fourth-order valence-electron chi connectivity index (χ4n) is 1.47. The number of carboxylic acids is 1. The molecule has 2 rings (SSSR count). The molecule has 1 unspecified atom stereocenters. The standard InChI is InChI=1S/C12H13NO4S/c14-11(13-9-4-5-9)7-18(17)10-3-1-2-8(6-10)12(15)16/h1-3,6,9H,4-5,7H2,(H,13,14)(H,15,16). The van der Waals surface area contributed by atoms with E-state index in [-0.39, 0.29) is 23.3 Å². The summed E-state index contributed by atoms with van der Waals surface area (Å²) in [6.45, 7) is 0. The molecule has 2 N–H and O–H groups in total. The quantitative estimate of drug-likeness (QED) is 0.825. The molecule has 1 amide bonds. The van der Waals surface area contributed by atoms with Gasteiger partial charge in [0, 0.05) is 10.9 Å². The van der Waals surface area contributed by atoms with Gasteiger partial charge in [-0.15, -0.1) is 0 Å². The van der Waals surface area contributed by atoms with Crippen molar-refractivity contribution in [1.29, 1.82) is 0 Å². The molecule has 0 saturated heterocycles. The van der Waals surface area contributed by atoms with Gasteiger partial charge < -0.3 is 10.4 Å². The van der Waals surface area contributed by atoms with Crippen LogP contribution in [0.1, 0.15) is 23.2 Å². The Bertz CT molecular complexity index is 511. The van der Waals surface area contributed by atoms with Crippen LogP contribution in [0.2, 0.25) is 0 Å². The molecule has 5 nitrogen and oxygen atoms in total. The minimum atomic E-state index is -1.50. The summed E-state index contributed by atoms with van der Waals surface area (Å²) in [5.74, 6) is -1.45. The van der Waals surface area contributed by atoms with Crippen molar-refractivity contribution < 1.29 is 18.9 Å². The molecule has 6 heteroatoms. The van der Waals surface area contributed by atoms with Crippen LogP contribution in [0.15, 0.2) is 29.2 Å². The van der Waals surface area contributed by atoms with Gasteiger partial charge in [-0.2, -0.15) is 0 Å². The molecule has 1 aliphatic rings. The molecule has 0 radical (unpaired) electrons. The molecule has 1 saturated carbocycles. The zero-order chi connectivity index (χ0) is 13.1. The van der Waals surface area contributed by atoms with Crippen LogP contribution in [0, 0.1) is 0 Å². The maximum atomic E-state index is 11.9. The minimum Gasteiger partial charge on any atom is -0.478 e. The summed E-state index contributed by atoms with van der Waals surface area (Å²) in [5.41, 5.74) is 0.0726. The van der Waals surface area contributed by atoms with Crippen LogP contribution in [0.25, 0.3) is 0 Å².